The van der Waals surface area contributed by atoms with Crippen molar-refractivity contribution in [3.63, 3.8) is 0 Å². The number of ketones is 1. The van der Waals surface area contributed by atoms with Gasteiger partial charge in [-0.3, -0.25) is 19.7 Å². The number of benzene rings is 2. The van der Waals surface area contributed by atoms with E-state index in [1.54, 1.807) is 11.1 Å². The van der Waals surface area contributed by atoms with Crippen LogP contribution in [0.3, 0.4) is 0 Å². The first-order chi connectivity index (χ1) is 15.5. The number of rotatable bonds is 4. The van der Waals surface area contributed by atoms with E-state index in [1.807, 2.05) is 24.3 Å². The lowest BCUT2D eigenvalue weighted by molar-refractivity contribution is -0.384. The minimum absolute atomic E-state index is 0.0350. The molecule has 1 aliphatic heterocycles. The summed E-state index contributed by atoms with van der Waals surface area (Å²) in [7, 11) is 0. The summed E-state index contributed by atoms with van der Waals surface area (Å²) in [6.45, 7) is 0. The molecule has 162 valence electrons. The van der Waals surface area contributed by atoms with E-state index in [0.717, 1.165) is 42.1 Å². The van der Waals surface area contributed by atoms with Crippen molar-refractivity contribution in [3.8, 4) is 0 Å². The zero-order valence-corrected chi connectivity index (χ0v) is 17.2. The highest BCUT2D eigenvalue weighted by Gasteiger charge is 2.49. The van der Waals surface area contributed by atoms with Crippen molar-refractivity contribution in [2.75, 3.05) is 0 Å². The number of carbonyl (C=O) groups excluding carboxylic acids is 2. The van der Waals surface area contributed by atoms with Crippen LogP contribution < -0.4 is 0 Å². The van der Waals surface area contributed by atoms with Crippen molar-refractivity contribution in [1.82, 2.24) is 9.88 Å². The van der Waals surface area contributed by atoms with Crippen molar-refractivity contribution in [2.24, 2.45) is 0 Å². The normalized spacial score (nSPS) is 21.0. The molecule has 32 heavy (non-hydrogen) atoms. The Labute approximate surface area is 183 Å². The maximum atomic E-state index is 13.2. The number of carbonyl (C=O) groups is 2. The molecule has 0 spiro atoms. The molecule has 2 aromatic carbocycles. The van der Waals surface area contributed by atoms with E-state index < -0.39 is 28.4 Å². The van der Waals surface area contributed by atoms with E-state index in [2.05, 4.69) is 4.98 Å². The summed E-state index contributed by atoms with van der Waals surface area (Å²) in [4.78, 5) is 41.8. The average molecular weight is 431 g/mol. The Morgan fingerprint density at radius 3 is 2.59 bits per heavy atom. The van der Waals surface area contributed by atoms with Gasteiger partial charge in [0.15, 0.2) is 0 Å². The van der Waals surface area contributed by atoms with Crippen molar-refractivity contribution < 1.29 is 19.6 Å². The zero-order valence-electron chi connectivity index (χ0n) is 17.2. The molecule has 2 fully saturated rings. The molecule has 1 aromatic heterocycles. The quantitative estimate of drug-likeness (QED) is 0.208. The number of fused-ring (bicyclic) bond motifs is 1. The average Bonchev–Trinajstić information content (AvgIpc) is 3.52. The van der Waals surface area contributed by atoms with E-state index >= 15 is 0 Å². The number of amides is 1. The van der Waals surface area contributed by atoms with Gasteiger partial charge in [-0.05, 0) is 18.9 Å². The number of aliphatic hydroxyl groups excluding tert-OH is 1. The van der Waals surface area contributed by atoms with Crippen molar-refractivity contribution in [3.05, 3.63) is 81.5 Å². The second-order valence-electron chi connectivity index (χ2n) is 8.24. The molecule has 2 aliphatic rings. The summed E-state index contributed by atoms with van der Waals surface area (Å²) >= 11 is 0. The number of hydrogen-bond donors (Lipinski definition) is 2. The van der Waals surface area contributed by atoms with Crippen molar-refractivity contribution in [1.29, 1.82) is 0 Å². The van der Waals surface area contributed by atoms with Crippen LogP contribution in [0, 0.1) is 10.1 Å². The molecule has 3 aromatic rings. The molecule has 1 saturated carbocycles. The summed E-state index contributed by atoms with van der Waals surface area (Å²) in [5.74, 6) is -1.81. The fourth-order valence-corrected chi connectivity index (χ4v) is 4.96. The Balaban J connectivity index is 1.73. The number of aromatic nitrogens is 1. The number of nitro benzene ring substituents is 1. The van der Waals surface area contributed by atoms with Crippen LogP contribution in [0.2, 0.25) is 0 Å². The van der Waals surface area contributed by atoms with Crippen LogP contribution in [0.15, 0.2) is 60.3 Å². The van der Waals surface area contributed by atoms with Gasteiger partial charge in [-0.1, -0.05) is 43.2 Å². The van der Waals surface area contributed by atoms with Gasteiger partial charge in [-0.2, -0.15) is 0 Å². The Kier molecular flexibility index (Phi) is 4.77. The molecule has 0 bridgehead atoms. The number of nitrogens with one attached hydrogen (secondary N) is 1. The molecule has 1 amide bonds. The summed E-state index contributed by atoms with van der Waals surface area (Å²) in [5.41, 5.74) is 1.47. The van der Waals surface area contributed by atoms with Gasteiger partial charge < -0.3 is 15.0 Å². The summed E-state index contributed by atoms with van der Waals surface area (Å²) in [6.07, 6.45) is 5.30. The first-order valence-electron chi connectivity index (χ1n) is 10.6. The number of para-hydroxylation sites is 1. The molecule has 8 nitrogen and oxygen atoms in total. The lowest BCUT2D eigenvalue weighted by Crippen LogP contribution is -2.37. The number of nitro groups is 1. The van der Waals surface area contributed by atoms with E-state index in [9.17, 15) is 24.8 Å². The summed E-state index contributed by atoms with van der Waals surface area (Å²) < 4.78 is 0. The Morgan fingerprint density at radius 1 is 1.09 bits per heavy atom. The molecule has 2 N–H and O–H groups in total. The third-order valence-electron chi connectivity index (χ3n) is 6.44. The molecule has 0 radical (unpaired) electrons. The van der Waals surface area contributed by atoms with Gasteiger partial charge in [-0.15, -0.1) is 0 Å². The second-order valence-corrected chi connectivity index (χ2v) is 8.24. The second kappa shape index (κ2) is 7.64. The first kappa shape index (κ1) is 20.0. The number of nitrogens with zero attached hydrogens (tertiary/aromatic N) is 2. The highest BCUT2D eigenvalue weighted by molar-refractivity contribution is 6.46. The Hall–Kier alpha value is -3.94. The van der Waals surface area contributed by atoms with Crippen LogP contribution >= 0.6 is 0 Å². The first-order valence-corrected chi connectivity index (χ1v) is 10.6. The van der Waals surface area contributed by atoms with Crippen molar-refractivity contribution in [2.45, 2.75) is 37.8 Å². The minimum atomic E-state index is -0.770. The fraction of sp³-hybridized carbons (Fsp3) is 0.250. The molecule has 8 heteroatoms. The van der Waals surface area contributed by atoms with Gasteiger partial charge in [0.25, 0.3) is 17.4 Å². The largest absolute Gasteiger partial charge is 0.507 e. The Morgan fingerprint density at radius 2 is 1.84 bits per heavy atom. The summed E-state index contributed by atoms with van der Waals surface area (Å²) in [5, 5.41) is 23.2. The van der Waals surface area contributed by atoms with E-state index in [1.165, 1.54) is 24.3 Å². The highest BCUT2D eigenvalue weighted by Crippen LogP contribution is 2.45. The number of hydrogen-bond acceptors (Lipinski definition) is 5. The lowest BCUT2D eigenvalue weighted by Gasteiger charge is -2.30. The molecular weight excluding hydrogens is 410 g/mol. The van der Waals surface area contributed by atoms with Crippen LogP contribution in [0.5, 0.6) is 0 Å². The molecule has 5 rings (SSSR count). The summed E-state index contributed by atoms with van der Waals surface area (Å²) in [6, 6.07) is 12.2. The molecular formula is C24H21N3O5. The van der Waals surface area contributed by atoms with Gasteiger partial charge in [0.05, 0.1) is 16.5 Å². The predicted octanol–water partition coefficient (Wildman–Crippen LogP) is 4.44. The Bertz CT molecular complexity index is 1290. The molecule has 1 unspecified atom stereocenters. The predicted molar refractivity (Wildman–Crippen MR) is 118 cm³/mol. The van der Waals surface area contributed by atoms with Crippen LogP contribution in [-0.4, -0.2) is 37.6 Å². The topological polar surface area (TPSA) is 117 Å². The van der Waals surface area contributed by atoms with Gasteiger partial charge in [-0.25, -0.2) is 0 Å². The molecule has 1 saturated heterocycles. The smallest absolute Gasteiger partial charge is 0.295 e. The number of Topliss-reactive ketones (excluding diaryl/α,β-unsaturated/α-hetero) is 1. The van der Waals surface area contributed by atoms with E-state index in [4.69, 9.17) is 0 Å². The third-order valence-corrected chi connectivity index (χ3v) is 6.44. The van der Waals surface area contributed by atoms with Gasteiger partial charge in [0, 0.05) is 46.4 Å². The third kappa shape index (κ3) is 3.07. The van der Waals surface area contributed by atoms with Crippen LogP contribution in [0.1, 0.15) is 42.9 Å². The molecule has 2 heterocycles. The van der Waals surface area contributed by atoms with Gasteiger partial charge >= 0.3 is 0 Å². The standard InChI is InChI=1S/C24H21N3O5/c28-22(14-6-5-9-16(12-14)27(31)32)20-21(18-13-25-19-11-4-3-10-17(18)19)26(24(30)23(20)29)15-7-1-2-8-15/h3-6,9-13,15,21,25,28H,1-2,7-8H2/b22-20+. The lowest BCUT2D eigenvalue weighted by atomic mass is 9.94. The van der Waals surface area contributed by atoms with Gasteiger partial charge in [0.1, 0.15) is 5.76 Å². The monoisotopic (exact) mass is 431 g/mol. The van der Waals surface area contributed by atoms with Crippen LogP contribution in [0.25, 0.3) is 16.7 Å². The number of aliphatic hydroxyl groups is 1. The zero-order chi connectivity index (χ0) is 22.4. The molecule has 1 atom stereocenters. The van der Waals surface area contributed by atoms with Crippen LogP contribution in [-0.2, 0) is 9.59 Å². The SMILES string of the molecule is O=C1C(=O)N(C2CCCC2)C(c2c[nH]c3ccccc23)/C1=C(\O)c1cccc([N+](=O)[O-])c1. The van der Waals surface area contributed by atoms with Crippen LogP contribution in [0.4, 0.5) is 5.69 Å². The maximum absolute atomic E-state index is 13.2. The minimum Gasteiger partial charge on any atom is -0.507 e. The van der Waals surface area contributed by atoms with Crippen molar-refractivity contribution >= 4 is 34.0 Å². The van der Waals surface area contributed by atoms with Gasteiger partial charge in [0.2, 0.25) is 0 Å². The van der Waals surface area contributed by atoms with E-state index in [0.29, 0.717) is 0 Å². The fourth-order valence-electron chi connectivity index (χ4n) is 4.96. The number of aromatic amines is 1. The highest BCUT2D eigenvalue weighted by atomic mass is 16.6. The molecule has 1 aliphatic carbocycles. The number of H-pyrrole nitrogens is 1. The number of likely N-dealkylation sites (tertiary alicyclic amines) is 1. The number of non-ortho nitro benzene ring substituents is 1. The van der Waals surface area contributed by atoms with E-state index in [-0.39, 0.29) is 22.9 Å². The maximum Gasteiger partial charge on any atom is 0.295 e.